The fourth-order valence-corrected chi connectivity index (χ4v) is 2.08. The molecule has 0 aromatic heterocycles. The molecule has 0 bridgehead atoms. The van der Waals surface area contributed by atoms with Crippen LogP contribution < -0.4 is 0 Å². The molecule has 2 unspecified atom stereocenters. The third-order valence-electron chi connectivity index (χ3n) is 3.67. The number of halogens is 3. The lowest BCUT2D eigenvalue weighted by atomic mass is 9.98. The highest BCUT2D eigenvalue weighted by molar-refractivity contribution is 5.80. The fourth-order valence-electron chi connectivity index (χ4n) is 2.08. The second-order valence-corrected chi connectivity index (χ2v) is 5.95. The molecule has 0 aromatic carbocycles. The maximum Gasteiger partial charge on any atom is 0.425 e. The van der Waals surface area contributed by atoms with Gasteiger partial charge in [0.2, 0.25) is 0 Å². The van der Waals surface area contributed by atoms with Crippen LogP contribution in [0.25, 0.3) is 0 Å². The number of ether oxygens (including phenoxy) is 2. The minimum absolute atomic E-state index is 0.237. The van der Waals surface area contributed by atoms with E-state index >= 15 is 0 Å². The Kier molecular flexibility index (Phi) is 11.5. The van der Waals surface area contributed by atoms with Gasteiger partial charge in [0.05, 0.1) is 18.9 Å². The molecular weight excluding hydrogens is 325 g/mol. The van der Waals surface area contributed by atoms with Crippen LogP contribution in [0.15, 0.2) is 0 Å². The van der Waals surface area contributed by atoms with Crippen molar-refractivity contribution in [3.63, 3.8) is 0 Å². The molecule has 0 N–H and O–H groups in total. The van der Waals surface area contributed by atoms with E-state index in [4.69, 9.17) is 4.74 Å². The van der Waals surface area contributed by atoms with Crippen molar-refractivity contribution in [3.8, 4) is 0 Å². The summed E-state index contributed by atoms with van der Waals surface area (Å²) in [5.41, 5.74) is 0. The molecule has 24 heavy (non-hydrogen) atoms. The molecule has 7 heteroatoms. The summed E-state index contributed by atoms with van der Waals surface area (Å²) < 4.78 is 47.1. The minimum atomic E-state index is -4.61. The standard InChI is InChI=1S/C17H29F3O4/c1-4-6-8-10-14(12-15(21)23-11-9-7-5-2)16(22)24-13(3)17(18,19)20/h13-14H,4-12H2,1-3H3. The first kappa shape index (κ1) is 22.7. The first-order valence-corrected chi connectivity index (χ1v) is 8.65. The summed E-state index contributed by atoms with van der Waals surface area (Å²) in [4.78, 5) is 23.8. The lowest BCUT2D eigenvalue weighted by Crippen LogP contribution is -2.34. The van der Waals surface area contributed by atoms with Crippen molar-refractivity contribution in [1.29, 1.82) is 0 Å². The topological polar surface area (TPSA) is 52.6 Å². The summed E-state index contributed by atoms with van der Waals surface area (Å²) in [5.74, 6) is -2.44. The van der Waals surface area contributed by atoms with Gasteiger partial charge in [-0.25, -0.2) is 0 Å². The third-order valence-corrected chi connectivity index (χ3v) is 3.67. The van der Waals surface area contributed by atoms with Gasteiger partial charge in [-0.2, -0.15) is 13.2 Å². The van der Waals surface area contributed by atoms with Crippen molar-refractivity contribution in [2.45, 2.75) is 84.4 Å². The monoisotopic (exact) mass is 354 g/mol. The zero-order chi connectivity index (χ0) is 18.6. The molecule has 0 heterocycles. The van der Waals surface area contributed by atoms with Crippen LogP contribution in [-0.2, 0) is 19.1 Å². The highest BCUT2D eigenvalue weighted by Gasteiger charge is 2.40. The summed E-state index contributed by atoms with van der Waals surface area (Å²) in [7, 11) is 0. The van der Waals surface area contributed by atoms with E-state index in [2.05, 4.69) is 4.74 Å². The predicted molar refractivity (Wildman–Crippen MR) is 84.3 cm³/mol. The summed E-state index contributed by atoms with van der Waals surface area (Å²) in [6.07, 6.45) is -1.66. The van der Waals surface area contributed by atoms with E-state index < -0.39 is 30.1 Å². The predicted octanol–water partition coefficient (Wildman–Crippen LogP) is 4.80. The van der Waals surface area contributed by atoms with E-state index in [9.17, 15) is 22.8 Å². The van der Waals surface area contributed by atoms with Gasteiger partial charge >= 0.3 is 18.1 Å². The Labute approximate surface area is 142 Å². The van der Waals surface area contributed by atoms with Crippen molar-refractivity contribution < 1.29 is 32.2 Å². The second kappa shape index (κ2) is 12.1. The van der Waals surface area contributed by atoms with Gasteiger partial charge in [-0.15, -0.1) is 0 Å². The van der Waals surface area contributed by atoms with Gasteiger partial charge in [-0.3, -0.25) is 9.59 Å². The normalized spacial score (nSPS) is 14.1. The molecule has 0 spiro atoms. The number of carbonyl (C=O) groups is 2. The van der Waals surface area contributed by atoms with E-state index in [-0.39, 0.29) is 13.0 Å². The number of unbranched alkanes of at least 4 members (excludes halogenated alkanes) is 4. The minimum Gasteiger partial charge on any atom is -0.466 e. The van der Waals surface area contributed by atoms with Gasteiger partial charge in [0, 0.05) is 0 Å². The number of alkyl halides is 3. The van der Waals surface area contributed by atoms with E-state index in [0.717, 1.165) is 39.0 Å². The van der Waals surface area contributed by atoms with E-state index in [1.165, 1.54) is 0 Å². The number of hydrogen-bond donors (Lipinski definition) is 0. The summed E-state index contributed by atoms with van der Waals surface area (Å²) in [6, 6.07) is 0. The van der Waals surface area contributed by atoms with Crippen LogP contribution in [0.4, 0.5) is 13.2 Å². The molecule has 0 saturated carbocycles. The maximum absolute atomic E-state index is 12.5. The molecule has 0 aliphatic rings. The molecule has 2 atom stereocenters. The van der Waals surface area contributed by atoms with Crippen molar-refractivity contribution in [3.05, 3.63) is 0 Å². The molecule has 0 rings (SSSR count). The zero-order valence-corrected chi connectivity index (χ0v) is 14.8. The number of esters is 2. The smallest absolute Gasteiger partial charge is 0.425 e. The third kappa shape index (κ3) is 10.5. The van der Waals surface area contributed by atoms with Crippen molar-refractivity contribution >= 4 is 11.9 Å². The molecule has 0 aliphatic carbocycles. The van der Waals surface area contributed by atoms with Gasteiger partial charge in [0.25, 0.3) is 0 Å². The molecule has 0 fully saturated rings. The molecule has 4 nitrogen and oxygen atoms in total. The molecule has 0 radical (unpaired) electrons. The van der Waals surface area contributed by atoms with Gasteiger partial charge in [0.15, 0.2) is 6.10 Å². The molecular formula is C17H29F3O4. The van der Waals surface area contributed by atoms with Crippen molar-refractivity contribution in [2.24, 2.45) is 5.92 Å². The Balaban J connectivity index is 4.54. The zero-order valence-electron chi connectivity index (χ0n) is 14.8. The van der Waals surface area contributed by atoms with Gasteiger partial charge in [0.1, 0.15) is 0 Å². The Morgan fingerprint density at radius 1 is 1.00 bits per heavy atom. The Morgan fingerprint density at radius 2 is 1.58 bits per heavy atom. The van der Waals surface area contributed by atoms with E-state index in [0.29, 0.717) is 12.8 Å². The highest BCUT2D eigenvalue weighted by Crippen LogP contribution is 2.25. The first-order valence-electron chi connectivity index (χ1n) is 8.65. The van der Waals surface area contributed by atoms with Crippen LogP contribution in [0, 0.1) is 5.92 Å². The summed E-state index contributed by atoms with van der Waals surface area (Å²) >= 11 is 0. The lowest BCUT2D eigenvalue weighted by Gasteiger charge is -2.20. The lowest BCUT2D eigenvalue weighted by molar-refractivity contribution is -0.218. The van der Waals surface area contributed by atoms with Gasteiger partial charge in [-0.1, -0.05) is 46.0 Å². The number of hydrogen-bond acceptors (Lipinski definition) is 4. The average molecular weight is 354 g/mol. The Bertz CT molecular complexity index is 369. The van der Waals surface area contributed by atoms with Gasteiger partial charge in [-0.05, 0) is 19.8 Å². The van der Waals surface area contributed by atoms with Crippen LogP contribution in [0.5, 0.6) is 0 Å². The Hall–Kier alpha value is -1.27. The van der Waals surface area contributed by atoms with E-state index in [1.54, 1.807) is 0 Å². The van der Waals surface area contributed by atoms with E-state index in [1.807, 2.05) is 13.8 Å². The van der Waals surface area contributed by atoms with Crippen molar-refractivity contribution in [2.75, 3.05) is 6.61 Å². The van der Waals surface area contributed by atoms with Crippen LogP contribution in [0.1, 0.15) is 72.1 Å². The fraction of sp³-hybridized carbons (Fsp3) is 0.882. The van der Waals surface area contributed by atoms with Crippen LogP contribution >= 0.6 is 0 Å². The Morgan fingerprint density at radius 3 is 2.12 bits per heavy atom. The second-order valence-electron chi connectivity index (χ2n) is 5.95. The SMILES string of the molecule is CCCCCOC(=O)CC(CCCCC)C(=O)OC(C)C(F)(F)F. The molecule has 0 aliphatic heterocycles. The van der Waals surface area contributed by atoms with Crippen LogP contribution in [-0.4, -0.2) is 30.8 Å². The number of carbonyl (C=O) groups excluding carboxylic acids is 2. The largest absolute Gasteiger partial charge is 0.466 e. The van der Waals surface area contributed by atoms with Crippen LogP contribution in [0.2, 0.25) is 0 Å². The summed E-state index contributed by atoms with van der Waals surface area (Å²) in [6.45, 7) is 5.04. The summed E-state index contributed by atoms with van der Waals surface area (Å²) in [5, 5.41) is 0. The van der Waals surface area contributed by atoms with Crippen LogP contribution in [0.3, 0.4) is 0 Å². The molecule has 0 aromatic rings. The number of rotatable bonds is 12. The van der Waals surface area contributed by atoms with Crippen molar-refractivity contribution in [1.82, 2.24) is 0 Å². The maximum atomic E-state index is 12.5. The quantitative estimate of drug-likeness (QED) is 0.373. The molecule has 0 saturated heterocycles. The van der Waals surface area contributed by atoms with Gasteiger partial charge < -0.3 is 9.47 Å². The average Bonchev–Trinajstić information content (AvgIpc) is 2.49. The first-order chi connectivity index (χ1) is 11.2. The highest BCUT2D eigenvalue weighted by atomic mass is 19.4. The molecule has 0 amide bonds. The molecule has 142 valence electrons.